The van der Waals surface area contributed by atoms with Crippen LogP contribution in [0.3, 0.4) is 0 Å². The van der Waals surface area contributed by atoms with Gasteiger partial charge in [-0.15, -0.1) is 0 Å². The van der Waals surface area contributed by atoms with Crippen molar-refractivity contribution in [2.24, 2.45) is 11.1 Å². The van der Waals surface area contributed by atoms with Gasteiger partial charge in [-0.3, -0.25) is 4.79 Å². The Morgan fingerprint density at radius 3 is 2.38 bits per heavy atom. The highest BCUT2D eigenvalue weighted by Gasteiger charge is 2.29. The maximum atomic E-state index is 12.3. The quantitative estimate of drug-likeness (QED) is 0.821. The van der Waals surface area contributed by atoms with Crippen molar-refractivity contribution in [3.63, 3.8) is 0 Å². The number of pyridine rings is 1. The first-order chi connectivity index (χ1) is 11.4. The summed E-state index contributed by atoms with van der Waals surface area (Å²) in [6, 6.07) is 3.78. The van der Waals surface area contributed by atoms with Gasteiger partial charge in [-0.25, -0.2) is 10.1 Å². The Labute approximate surface area is 142 Å². The van der Waals surface area contributed by atoms with Crippen LogP contribution < -0.4 is 15.4 Å². The number of nitrogens with zero attached hydrogens (tertiary/aromatic N) is 3. The number of carbonyl (C=O) groups is 1. The van der Waals surface area contributed by atoms with Crippen LogP contribution in [0.25, 0.3) is 0 Å². The maximum absolute atomic E-state index is 12.3. The second-order valence-electron chi connectivity index (χ2n) is 6.31. The Morgan fingerprint density at radius 2 is 1.83 bits per heavy atom. The number of amides is 1. The lowest BCUT2D eigenvalue weighted by Crippen LogP contribution is -2.44. The summed E-state index contributed by atoms with van der Waals surface area (Å²) in [5.74, 6) is 0.632. The molecule has 2 saturated heterocycles. The van der Waals surface area contributed by atoms with E-state index in [1.165, 1.54) is 17.1 Å². The Kier molecular flexibility index (Phi) is 5.02. The lowest BCUT2D eigenvalue weighted by atomic mass is 9.97. The van der Waals surface area contributed by atoms with Crippen LogP contribution in [-0.4, -0.2) is 49.8 Å². The summed E-state index contributed by atoms with van der Waals surface area (Å²) in [4.78, 5) is 19.0. The second kappa shape index (κ2) is 7.04. The Balaban J connectivity index is 1.53. The predicted octanol–water partition coefficient (Wildman–Crippen LogP) is 0.536. The van der Waals surface area contributed by atoms with E-state index in [0.717, 1.165) is 18.9 Å². The summed E-state index contributed by atoms with van der Waals surface area (Å²) in [6.07, 6.45) is 5.00. The topological polar surface area (TPSA) is 109 Å². The van der Waals surface area contributed by atoms with E-state index in [2.05, 4.69) is 15.2 Å². The second-order valence-corrected chi connectivity index (χ2v) is 7.85. The minimum Gasteiger partial charge on any atom is -0.357 e. The van der Waals surface area contributed by atoms with Gasteiger partial charge in [0, 0.05) is 32.1 Å². The van der Waals surface area contributed by atoms with Crippen LogP contribution in [-0.2, 0) is 15.0 Å². The molecule has 2 aliphatic heterocycles. The van der Waals surface area contributed by atoms with Gasteiger partial charge in [0.25, 0.3) is 10.2 Å². The lowest BCUT2D eigenvalue weighted by Gasteiger charge is -2.29. The van der Waals surface area contributed by atoms with Crippen molar-refractivity contribution in [2.45, 2.75) is 25.7 Å². The van der Waals surface area contributed by atoms with Gasteiger partial charge in [-0.1, -0.05) is 0 Å². The van der Waals surface area contributed by atoms with Crippen LogP contribution in [0, 0.1) is 5.92 Å². The van der Waals surface area contributed by atoms with Crippen molar-refractivity contribution in [1.82, 2.24) is 9.29 Å². The Hall–Kier alpha value is -1.71. The number of hydrogen-bond acceptors (Lipinski definition) is 5. The van der Waals surface area contributed by atoms with Gasteiger partial charge in [0.15, 0.2) is 0 Å². The van der Waals surface area contributed by atoms with Gasteiger partial charge in [-0.2, -0.15) is 12.7 Å². The fourth-order valence-corrected chi connectivity index (χ4v) is 3.93. The first kappa shape index (κ1) is 17.1. The molecule has 0 atom stereocenters. The first-order valence-electron chi connectivity index (χ1n) is 8.23. The monoisotopic (exact) mass is 353 g/mol. The number of anilines is 2. The van der Waals surface area contributed by atoms with E-state index in [0.29, 0.717) is 18.5 Å². The summed E-state index contributed by atoms with van der Waals surface area (Å²) in [6.45, 7) is 2.62. The van der Waals surface area contributed by atoms with Crippen molar-refractivity contribution >= 4 is 27.6 Å². The minimum absolute atomic E-state index is 0.0974. The van der Waals surface area contributed by atoms with Gasteiger partial charge in [0.2, 0.25) is 5.91 Å². The third kappa shape index (κ3) is 4.03. The number of piperidine rings is 1. The zero-order valence-electron chi connectivity index (χ0n) is 13.5. The van der Waals surface area contributed by atoms with Crippen molar-refractivity contribution < 1.29 is 13.2 Å². The third-order valence-electron chi connectivity index (χ3n) is 4.63. The van der Waals surface area contributed by atoms with Gasteiger partial charge in [0.1, 0.15) is 5.82 Å². The molecule has 0 unspecified atom stereocenters. The van der Waals surface area contributed by atoms with Crippen LogP contribution in [0.15, 0.2) is 18.3 Å². The summed E-state index contributed by atoms with van der Waals surface area (Å²) < 4.78 is 23.8. The fourth-order valence-electron chi connectivity index (χ4n) is 3.21. The number of nitrogens with one attached hydrogen (secondary N) is 1. The van der Waals surface area contributed by atoms with E-state index in [-0.39, 0.29) is 24.9 Å². The molecule has 0 spiro atoms. The normalized spacial score (nSPS) is 20.3. The molecular formula is C15H23N5O3S. The van der Waals surface area contributed by atoms with Gasteiger partial charge in [0.05, 0.1) is 11.9 Å². The molecule has 0 aliphatic carbocycles. The van der Waals surface area contributed by atoms with Crippen molar-refractivity contribution in [3.05, 3.63) is 18.3 Å². The predicted molar refractivity (Wildman–Crippen MR) is 91.7 cm³/mol. The smallest absolute Gasteiger partial charge is 0.276 e. The Morgan fingerprint density at radius 1 is 1.17 bits per heavy atom. The number of carbonyl (C=O) groups excluding carboxylic acids is 1. The molecule has 3 heterocycles. The van der Waals surface area contributed by atoms with Crippen molar-refractivity contribution in [3.8, 4) is 0 Å². The van der Waals surface area contributed by atoms with Crippen LogP contribution in [0.2, 0.25) is 0 Å². The number of aromatic nitrogens is 1. The summed E-state index contributed by atoms with van der Waals surface area (Å²) >= 11 is 0. The highest BCUT2D eigenvalue weighted by atomic mass is 32.2. The van der Waals surface area contributed by atoms with Crippen molar-refractivity contribution in [2.75, 3.05) is 36.4 Å². The number of nitrogens with two attached hydrogens (primary N) is 1. The zero-order chi connectivity index (χ0) is 17.2. The lowest BCUT2D eigenvalue weighted by molar-refractivity contribution is -0.120. The summed E-state index contributed by atoms with van der Waals surface area (Å²) in [7, 11) is -3.66. The molecule has 2 fully saturated rings. The minimum atomic E-state index is -3.66. The molecule has 1 aromatic heterocycles. The van der Waals surface area contributed by atoms with Crippen molar-refractivity contribution in [1.29, 1.82) is 0 Å². The molecule has 9 heteroatoms. The zero-order valence-corrected chi connectivity index (χ0v) is 14.3. The van der Waals surface area contributed by atoms with E-state index in [9.17, 15) is 13.2 Å². The summed E-state index contributed by atoms with van der Waals surface area (Å²) in [5, 5.41) is 7.97. The van der Waals surface area contributed by atoms with E-state index >= 15 is 0 Å². The fraction of sp³-hybridized carbons (Fsp3) is 0.600. The van der Waals surface area contributed by atoms with Gasteiger partial charge in [-0.05, 0) is 37.8 Å². The molecule has 0 saturated carbocycles. The van der Waals surface area contributed by atoms with E-state index in [1.54, 1.807) is 6.20 Å². The third-order valence-corrected chi connectivity index (χ3v) is 5.71. The molecular weight excluding hydrogens is 330 g/mol. The molecule has 132 valence electrons. The molecule has 2 aliphatic rings. The van der Waals surface area contributed by atoms with E-state index in [1.807, 2.05) is 12.1 Å². The maximum Gasteiger partial charge on any atom is 0.276 e. The van der Waals surface area contributed by atoms with Gasteiger partial charge >= 0.3 is 0 Å². The van der Waals surface area contributed by atoms with E-state index in [4.69, 9.17) is 5.14 Å². The highest BCUT2D eigenvalue weighted by molar-refractivity contribution is 7.86. The van der Waals surface area contributed by atoms with Crippen LogP contribution in [0.1, 0.15) is 25.7 Å². The highest BCUT2D eigenvalue weighted by Crippen LogP contribution is 2.22. The summed E-state index contributed by atoms with van der Waals surface area (Å²) in [5.41, 5.74) is 0.664. The Bertz CT molecular complexity index is 678. The van der Waals surface area contributed by atoms with Crippen LogP contribution >= 0.6 is 0 Å². The molecule has 3 rings (SSSR count). The molecule has 0 radical (unpaired) electrons. The number of rotatable bonds is 4. The molecule has 3 N–H and O–H groups in total. The SMILES string of the molecule is NS(=O)(=O)N1CCC(C(=O)Nc2ccc(N3CCCC3)nc2)CC1. The van der Waals surface area contributed by atoms with E-state index < -0.39 is 10.2 Å². The number of hydrogen-bond donors (Lipinski definition) is 2. The molecule has 0 bridgehead atoms. The standard InChI is InChI=1S/C15H23N5O3S/c16-24(22,23)20-9-5-12(6-10-20)15(21)18-13-3-4-14(17-11-13)19-7-1-2-8-19/h3-4,11-12H,1-2,5-10H2,(H,18,21)(H2,16,22,23). The average Bonchev–Trinajstić information content (AvgIpc) is 3.09. The molecule has 1 aromatic rings. The molecule has 24 heavy (non-hydrogen) atoms. The van der Waals surface area contributed by atoms with Crippen LogP contribution in [0.5, 0.6) is 0 Å². The molecule has 1 amide bonds. The average molecular weight is 353 g/mol. The largest absolute Gasteiger partial charge is 0.357 e. The molecule has 8 nitrogen and oxygen atoms in total. The molecule has 0 aromatic carbocycles. The van der Waals surface area contributed by atoms with Crippen LogP contribution in [0.4, 0.5) is 11.5 Å². The first-order valence-corrected chi connectivity index (χ1v) is 9.73. The van der Waals surface area contributed by atoms with Gasteiger partial charge < -0.3 is 10.2 Å².